The van der Waals surface area contributed by atoms with Crippen LogP contribution in [0.15, 0.2) is 82.6 Å². The normalized spacial score (nSPS) is 16.3. The van der Waals surface area contributed by atoms with Crippen molar-refractivity contribution in [3.8, 4) is 0 Å². The van der Waals surface area contributed by atoms with Gasteiger partial charge in [0.2, 0.25) is 0 Å². The van der Waals surface area contributed by atoms with E-state index >= 15 is 0 Å². The number of hydrogen-bond acceptors (Lipinski definition) is 14. The van der Waals surface area contributed by atoms with Gasteiger partial charge < -0.3 is 36.7 Å². The standard InChI is InChI=1S/C70H134O14S2Si6/c1-57-37-41-59(42-38-57)85(71,72)81-63(61(77-55-75-51-53-87(15,16)17)35-31-29-33-49-79-89(21,22)67(3,4)5)45-47-65(83-91(25,26)69(9,10)11)66(84-92(27,28)70(12,13)14)48-46-64(82-86(73,74)60-43-39-58(2)40-44-60)62(78-56-76-52-54-88(18,19)20)36-32-30-34-50-80-90(23,24)68(6,7)8/h31-32,35-44,61-66H,29-30,33-34,45-56H2,1-28H3/b35-31+,36-32+/t61-,62-,63+,64+,65-,66-/m1/s1. The summed E-state index contributed by atoms with van der Waals surface area (Å²) in [6.07, 6.45) is 6.63. The van der Waals surface area contributed by atoms with Crippen molar-refractivity contribution in [2.45, 2.75) is 319 Å². The number of benzene rings is 2. The first-order valence-corrected chi connectivity index (χ1v) is 55.9. The lowest BCUT2D eigenvalue weighted by molar-refractivity contribution is -0.104. The summed E-state index contributed by atoms with van der Waals surface area (Å²) < 4.78 is 126. The van der Waals surface area contributed by atoms with Crippen LogP contribution >= 0.6 is 0 Å². The van der Waals surface area contributed by atoms with Crippen LogP contribution in [-0.4, -0.2) is 143 Å². The van der Waals surface area contributed by atoms with Crippen molar-refractivity contribution in [3.63, 3.8) is 0 Å². The molecule has 0 aliphatic rings. The summed E-state index contributed by atoms with van der Waals surface area (Å²) in [4.78, 5) is 0.0770. The van der Waals surface area contributed by atoms with E-state index in [1.165, 1.54) is 0 Å². The predicted molar refractivity (Wildman–Crippen MR) is 400 cm³/mol. The maximum absolute atomic E-state index is 14.7. The highest BCUT2D eigenvalue weighted by molar-refractivity contribution is 7.87. The fourth-order valence-corrected chi connectivity index (χ4v) is 17.1. The van der Waals surface area contributed by atoms with Gasteiger partial charge in [-0.2, -0.15) is 16.8 Å². The molecule has 22 heteroatoms. The molecule has 0 N–H and O–H groups in total. The van der Waals surface area contributed by atoms with Gasteiger partial charge in [0.25, 0.3) is 20.2 Å². The van der Waals surface area contributed by atoms with E-state index in [0.717, 1.165) is 36.1 Å². The van der Waals surface area contributed by atoms with Crippen molar-refractivity contribution in [1.29, 1.82) is 0 Å². The highest BCUT2D eigenvalue weighted by Gasteiger charge is 2.46. The van der Waals surface area contributed by atoms with Crippen molar-refractivity contribution in [2.24, 2.45) is 0 Å². The van der Waals surface area contributed by atoms with Crippen molar-refractivity contribution >= 4 is 69.7 Å². The molecule has 0 unspecified atom stereocenters. The number of hydrogen-bond donors (Lipinski definition) is 0. The van der Waals surface area contributed by atoms with E-state index in [0.29, 0.717) is 52.1 Å². The summed E-state index contributed by atoms with van der Waals surface area (Å²) >= 11 is 0. The molecule has 0 amide bonds. The second kappa shape index (κ2) is 36.7. The van der Waals surface area contributed by atoms with Gasteiger partial charge in [-0.05, 0) is 174 Å². The fraction of sp³-hybridized carbons (Fsp3) is 0.771. The van der Waals surface area contributed by atoms with E-state index in [1.54, 1.807) is 48.5 Å². The third kappa shape index (κ3) is 31.7. The molecule has 2 rings (SSSR count). The van der Waals surface area contributed by atoms with Gasteiger partial charge >= 0.3 is 0 Å². The first-order valence-electron chi connectivity index (χ1n) is 34.1. The average molecular weight is 1430 g/mol. The maximum atomic E-state index is 14.7. The first kappa shape index (κ1) is 86.8. The van der Waals surface area contributed by atoms with Gasteiger partial charge in [0.1, 0.15) is 38.0 Å². The maximum Gasteiger partial charge on any atom is 0.297 e. The van der Waals surface area contributed by atoms with Gasteiger partial charge in [0.05, 0.1) is 22.0 Å². The Morgan fingerprint density at radius 1 is 0.402 bits per heavy atom. The Morgan fingerprint density at radius 2 is 0.685 bits per heavy atom. The molecule has 0 bridgehead atoms. The van der Waals surface area contributed by atoms with E-state index in [4.69, 9.17) is 45.0 Å². The molecule has 0 radical (unpaired) electrons. The van der Waals surface area contributed by atoms with Crippen LogP contribution in [0.25, 0.3) is 0 Å². The molecule has 0 saturated heterocycles. The smallest absolute Gasteiger partial charge is 0.297 e. The zero-order chi connectivity index (χ0) is 70.6. The Hall–Kier alpha value is -1.28. The molecule has 6 atom stereocenters. The largest absolute Gasteiger partial charge is 0.417 e. The third-order valence-corrected chi connectivity index (χ3v) is 43.3. The molecule has 2 aromatic carbocycles. The lowest BCUT2D eigenvalue weighted by Crippen LogP contribution is -2.52. The van der Waals surface area contributed by atoms with Crippen LogP contribution in [0.5, 0.6) is 0 Å². The molecule has 0 aromatic heterocycles. The Balaban J connectivity index is 3.02. The summed E-state index contributed by atoms with van der Waals surface area (Å²) in [5.74, 6) is 0. The second-order valence-corrected chi connectivity index (χ2v) is 67.6. The van der Waals surface area contributed by atoms with Crippen molar-refractivity contribution in [1.82, 2.24) is 0 Å². The van der Waals surface area contributed by atoms with Gasteiger partial charge in [-0.1, -0.05) is 182 Å². The Morgan fingerprint density at radius 3 is 0.957 bits per heavy atom. The van der Waals surface area contributed by atoms with E-state index in [-0.39, 0.29) is 56.4 Å². The van der Waals surface area contributed by atoms with E-state index in [9.17, 15) is 16.8 Å². The summed E-state index contributed by atoms with van der Waals surface area (Å²) in [6, 6.07) is 15.3. The molecule has 0 aliphatic carbocycles. The summed E-state index contributed by atoms with van der Waals surface area (Å²) in [6.45, 7) is 64.2. The minimum Gasteiger partial charge on any atom is -0.417 e. The van der Waals surface area contributed by atoms with Gasteiger partial charge in [-0.15, -0.1) is 0 Å². The van der Waals surface area contributed by atoms with E-state index in [2.05, 4.69) is 175 Å². The molecule has 0 saturated carbocycles. The molecule has 92 heavy (non-hydrogen) atoms. The quantitative estimate of drug-likeness (QED) is 0.0203. The Kier molecular flexibility index (Phi) is 34.6. The predicted octanol–water partition coefficient (Wildman–Crippen LogP) is 19.6. The molecule has 0 aliphatic heterocycles. The molecule has 0 fully saturated rings. The van der Waals surface area contributed by atoms with Crippen LogP contribution < -0.4 is 0 Å². The van der Waals surface area contributed by atoms with Crippen molar-refractivity contribution in [2.75, 3.05) is 40.0 Å². The molecule has 0 spiro atoms. The number of allylic oxidation sites excluding steroid dienone is 2. The SMILES string of the molecule is Cc1ccc(S(=O)(=O)O[C@@H](CC[C@@H](O[Si](C)(C)C(C)(C)C)[C@@H](CC[C@H](OS(=O)(=O)c2ccc(C)cc2)[C@@H](/C=C/CCCO[Si](C)(C)C(C)(C)C)OCOCC[Si](C)(C)C)O[Si](C)(C)C(C)(C)C)[C@@H](/C=C/CCCO[Si](C)(C)C(C)(C)C)OCOCC[Si](C)(C)C)cc1. The van der Waals surface area contributed by atoms with Crippen LogP contribution in [0.2, 0.25) is 124 Å². The highest BCUT2D eigenvalue weighted by Crippen LogP contribution is 2.43. The molecular weight excluding hydrogens is 1300 g/mol. The zero-order valence-electron chi connectivity index (χ0n) is 63.2. The van der Waals surface area contributed by atoms with Gasteiger partial charge in [0.15, 0.2) is 33.3 Å². The summed E-state index contributed by atoms with van der Waals surface area (Å²) in [5, 5.41) is -0.368. The number of rotatable bonds is 43. The van der Waals surface area contributed by atoms with E-state index in [1.807, 2.05) is 38.2 Å². The molecule has 14 nitrogen and oxygen atoms in total. The lowest BCUT2D eigenvalue weighted by Gasteiger charge is -2.46. The van der Waals surface area contributed by atoms with Gasteiger partial charge in [-0.3, -0.25) is 8.37 Å². The molecule has 2 aromatic rings. The Labute approximate surface area is 570 Å². The van der Waals surface area contributed by atoms with Crippen LogP contribution in [0.3, 0.4) is 0 Å². The highest BCUT2D eigenvalue weighted by atomic mass is 32.2. The monoisotopic (exact) mass is 1430 g/mol. The topological polar surface area (TPSA) is 161 Å². The molecular formula is C70H134O14S2Si6. The Bertz CT molecular complexity index is 2540. The van der Waals surface area contributed by atoms with E-state index < -0.39 is 106 Å². The van der Waals surface area contributed by atoms with Crippen LogP contribution in [0.4, 0.5) is 0 Å². The first-order chi connectivity index (χ1) is 41.7. The molecule has 534 valence electrons. The fourth-order valence-electron chi connectivity index (χ4n) is 8.44. The van der Waals surface area contributed by atoms with Crippen molar-refractivity contribution in [3.05, 3.63) is 84.0 Å². The average Bonchev–Trinajstić information content (AvgIpc) is 0.859. The minimum absolute atomic E-state index is 0.0385. The number of unbranched alkanes of at least 4 members (excludes halogenated alkanes) is 2. The molecule has 0 heterocycles. The lowest BCUT2D eigenvalue weighted by atomic mass is 9.97. The number of aryl methyl sites for hydroxylation is 2. The van der Waals surface area contributed by atoms with Crippen LogP contribution in [0, 0.1) is 13.8 Å². The summed E-state index contributed by atoms with van der Waals surface area (Å²) in [7, 11) is -21.0. The summed E-state index contributed by atoms with van der Waals surface area (Å²) in [5.41, 5.74) is 1.83. The minimum atomic E-state index is -4.37. The third-order valence-electron chi connectivity index (χ3n) is 19.1. The number of ether oxygens (including phenoxy) is 4. The van der Waals surface area contributed by atoms with Crippen LogP contribution in [-0.2, 0) is 65.3 Å². The van der Waals surface area contributed by atoms with Gasteiger partial charge in [-0.25, -0.2) is 0 Å². The van der Waals surface area contributed by atoms with Crippen molar-refractivity contribution < 1.29 is 61.9 Å². The van der Waals surface area contributed by atoms with Gasteiger partial charge in [0, 0.05) is 42.6 Å². The second-order valence-electron chi connectivity index (χ2n) is 34.1. The zero-order valence-corrected chi connectivity index (χ0v) is 70.9. The van der Waals surface area contributed by atoms with Crippen LogP contribution in [0.1, 0.15) is 146 Å².